The van der Waals surface area contributed by atoms with Crippen LogP contribution in [0, 0.1) is 17.2 Å². The van der Waals surface area contributed by atoms with Crippen LogP contribution in [-0.2, 0) is 0 Å². The molecule has 1 aromatic rings. The van der Waals surface area contributed by atoms with Crippen LogP contribution < -0.4 is 4.90 Å². The van der Waals surface area contributed by atoms with Crippen molar-refractivity contribution in [1.82, 2.24) is 4.90 Å². The summed E-state index contributed by atoms with van der Waals surface area (Å²) in [6.07, 6.45) is 59.2. The van der Waals surface area contributed by atoms with Crippen molar-refractivity contribution >= 4 is 13.8 Å². The zero-order chi connectivity index (χ0) is 35.6. The molecule has 0 radical (unpaired) electrons. The summed E-state index contributed by atoms with van der Waals surface area (Å²) >= 11 is 0. The van der Waals surface area contributed by atoms with E-state index in [0.29, 0.717) is 28.6 Å². The lowest BCUT2D eigenvalue weighted by Crippen LogP contribution is -2.54. The van der Waals surface area contributed by atoms with Crippen LogP contribution >= 0.6 is 0 Å². The normalized spacial score (nSPS) is 31.3. The van der Waals surface area contributed by atoms with Crippen molar-refractivity contribution in [2.75, 3.05) is 4.90 Å². The van der Waals surface area contributed by atoms with E-state index >= 15 is 0 Å². The minimum Gasteiger partial charge on any atom is -0.341 e. The molecule has 6 atom stereocenters. The molecule has 7 aliphatic carbocycles. The Hall–Kier alpha value is -4.33. The molecule has 0 fully saturated rings. The number of nitrogens with zero attached hydrogens (tertiary/aromatic N) is 3. The van der Waals surface area contributed by atoms with E-state index in [0.717, 1.165) is 48.9 Å². The molecule has 0 saturated carbocycles. The highest BCUT2D eigenvalue weighted by molar-refractivity contribution is 6.86. The summed E-state index contributed by atoms with van der Waals surface area (Å²) in [5.41, 5.74) is 12.1. The number of allylic oxidation sites excluding steroid dienone is 18. The van der Waals surface area contributed by atoms with Gasteiger partial charge in [-0.3, -0.25) is 0 Å². The van der Waals surface area contributed by atoms with E-state index in [4.69, 9.17) is 0 Å². The maximum Gasteiger partial charge on any atom is 0.0991 e. The second-order valence-corrected chi connectivity index (χ2v) is 21.7. The average Bonchev–Trinajstić information content (AvgIpc) is 3.57. The van der Waals surface area contributed by atoms with Crippen molar-refractivity contribution in [3.05, 3.63) is 161 Å². The van der Waals surface area contributed by atoms with Crippen LogP contribution in [0.1, 0.15) is 95.5 Å². The minimum absolute atomic E-state index is 0.540. The zero-order valence-electron chi connectivity index (χ0n) is 31.3. The summed E-state index contributed by atoms with van der Waals surface area (Å²) in [6.45, 7) is 0. The van der Waals surface area contributed by atoms with Gasteiger partial charge in [0.2, 0.25) is 0 Å². The minimum atomic E-state index is -2.15. The molecular weight excluding hydrogens is 659 g/mol. The molecule has 0 bridgehead atoms. The predicted molar refractivity (Wildman–Crippen MR) is 223 cm³/mol. The Labute approximate surface area is 319 Å². The number of rotatable bonds is 8. The quantitative estimate of drug-likeness (QED) is 0.198. The molecule has 3 nitrogen and oxygen atoms in total. The summed E-state index contributed by atoms with van der Waals surface area (Å²) in [4.78, 5) is 5.34. The Morgan fingerprint density at radius 2 is 1.45 bits per heavy atom. The monoisotopic (exact) mass is 713 g/mol. The molecule has 0 N–H and O–H groups in total. The van der Waals surface area contributed by atoms with Crippen molar-refractivity contribution in [3.63, 3.8) is 0 Å². The van der Waals surface area contributed by atoms with Crippen LogP contribution in [0.25, 0.3) is 0 Å². The first kappa shape index (κ1) is 34.4. The molecule has 0 aromatic heterocycles. The van der Waals surface area contributed by atoms with Gasteiger partial charge in [0.05, 0.1) is 19.7 Å². The summed E-state index contributed by atoms with van der Waals surface area (Å²) < 4.78 is 0. The van der Waals surface area contributed by atoms with Gasteiger partial charge >= 0.3 is 0 Å². The molecule has 9 rings (SSSR count). The van der Waals surface area contributed by atoms with Gasteiger partial charge in [-0.25, -0.2) is 0 Å². The van der Waals surface area contributed by atoms with Gasteiger partial charge in [-0.2, -0.15) is 5.26 Å². The Morgan fingerprint density at radius 3 is 2.13 bits per heavy atom. The van der Waals surface area contributed by atoms with Gasteiger partial charge in [-0.1, -0.05) is 79.0 Å². The molecule has 4 heteroatoms. The van der Waals surface area contributed by atoms with E-state index in [-0.39, 0.29) is 0 Å². The van der Waals surface area contributed by atoms with Crippen LogP contribution in [0.4, 0.5) is 5.69 Å². The molecule has 0 amide bonds. The lowest BCUT2D eigenvalue weighted by Gasteiger charge is -2.55. The fraction of sp³-hybridized carbons (Fsp3) is 0.408. The highest BCUT2D eigenvalue weighted by atomic mass is 28.3. The van der Waals surface area contributed by atoms with Crippen LogP contribution in [0.3, 0.4) is 0 Å². The van der Waals surface area contributed by atoms with Crippen LogP contribution in [0.15, 0.2) is 156 Å². The van der Waals surface area contributed by atoms with Gasteiger partial charge in [-0.15, -0.1) is 0 Å². The van der Waals surface area contributed by atoms with Crippen LogP contribution in [0.5, 0.6) is 0 Å². The highest BCUT2D eigenvalue weighted by Gasteiger charge is 2.57. The van der Waals surface area contributed by atoms with Crippen LogP contribution in [-0.4, -0.2) is 19.0 Å². The molecule has 8 aliphatic rings. The smallest absolute Gasteiger partial charge is 0.0991 e. The highest BCUT2D eigenvalue weighted by Crippen LogP contribution is 2.63. The van der Waals surface area contributed by atoms with Gasteiger partial charge in [0.15, 0.2) is 0 Å². The maximum absolute atomic E-state index is 9.63. The van der Waals surface area contributed by atoms with Gasteiger partial charge in [-0.05, 0) is 166 Å². The molecular formula is C49H55N3Si. The van der Waals surface area contributed by atoms with E-state index in [1.165, 1.54) is 74.9 Å². The molecule has 1 heterocycles. The van der Waals surface area contributed by atoms with Crippen molar-refractivity contribution in [2.24, 2.45) is 5.92 Å². The molecule has 270 valence electrons. The first-order chi connectivity index (χ1) is 26.3. The van der Waals surface area contributed by atoms with E-state index in [2.05, 4.69) is 131 Å². The molecule has 0 spiro atoms. The Kier molecular flexibility index (Phi) is 9.87. The van der Waals surface area contributed by atoms with E-state index in [9.17, 15) is 5.26 Å². The number of fused-ring (bicyclic) bond motifs is 2. The standard InChI is InChI=1S/C49H55N3Si/c50-36-37-28-30-40(31-29-37)51(38-16-5-1-6-17-38)41-20-15-25-44(34-41)53(42-21-9-3-10-22-42,43-23-11-4-12-24-43)45-32-33-49-47(35-45)46-26-13-14-27-48(46)52(49)39-18-7-2-8-19-39/h1-5,7,9,11,13,15-16,18,20,26,28-34,42-46,48H,6,8,10,12,14,17,19,21-25,27,35H2. The average molecular weight is 714 g/mol. The Bertz CT molecular complexity index is 1930. The largest absolute Gasteiger partial charge is 0.341 e. The number of benzene rings is 1. The molecule has 0 saturated heterocycles. The van der Waals surface area contributed by atoms with E-state index in [1.807, 2.05) is 12.1 Å². The maximum atomic E-state index is 9.63. The lowest BCUT2D eigenvalue weighted by molar-refractivity contribution is 0.286. The van der Waals surface area contributed by atoms with Gasteiger partial charge in [0.25, 0.3) is 0 Å². The summed E-state index contributed by atoms with van der Waals surface area (Å²) in [6, 6.07) is 11.2. The van der Waals surface area contributed by atoms with Crippen LogP contribution in [0.2, 0.25) is 22.2 Å². The van der Waals surface area contributed by atoms with Gasteiger partial charge in [0, 0.05) is 40.4 Å². The third-order valence-electron chi connectivity index (χ3n) is 14.0. The molecule has 53 heavy (non-hydrogen) atoms. The number of anilines is 1. The topological polar surface area (TPSA) is 30.3 Å². The van der Waals surface area contributed by atoms with Gasteiger partial charge < -0.3 is 9.80 Å². The molecule has 1 aliphatic heterocycles. The van der Waals surface area contributed by atoms with Crippen molar-refractivity contribution in [1.29, 1.82) is 5.26 Å². The number of nitriles is 1. The summed E-state index contributed by atoms with van der Waals surface area (Å²) in [5.74, 6) is 0.540. The fourth-order valence-electron chi connectivity index (χ4n) is 11.8. The first-order valence-corrected chi connectivity index (χ1v) is 23.1. The van der Waals surface area contributed by atoms with E-state index in [1.54, 1.807) is 11.3 Å². The fourth-order valence-corrected chi connectivity index (χ4v) is 19.9. The Balaban J connectivity index is 1.17. The molecule has 6 unspecified atom stereocenters. The Morgan fingerprint density at radius 1 is 0.698 bits per heavy atom. The van der Waals surface area contributed by atoms with Crippen molar-refractivity contribution < 1.29 is 0 Å². The SMILES string of the molecule is N#Cc1ccc(N(C2=CC([Si](C3C=CC4=C(C3)C3C=CCCC3N4C3=CC=CCC3)(C3CC=CCC3)C3CC=CCC3)CC=C2)C2=CC=CCC2)cc1. The third-order valence-corrected chi connectivity index (χ3v) is 21.3. The first-order valence-electron chi connectivity index (χ1n) is 20.8. The summed E-state index contributed by atoms with van der Waals surface area (Å²) in [5, 5.41) is 9.63. The third kappa shape index (κ3) is 6.29. The number of hydrogen-bond donors (Lipinski definition) is 0. The van der Waals surface area contributed by atoms with Gasteiger partial charge in [0.1, 0.15) is 0 Å². The molecule has 1 aromatic carbocycles. The predicted octanol–water partition coefficient (Wildman–Crippen LogP) is 13.0. The van der Waals surface area contributed by atoms with E-state index < -0.39 is 8.07 Å². The van der Waals surface area contributed by atoms with Crippen molar-refractivity contribution in [3.8, 4) is 6.07 Å². The summed E-state index contributed by atoms with van der Waals surface area (Å²) in [7, 11) is -2.15. The second kappa shape index (κ2) is 15.2. The second-order valence-electron chi connectivity index (χ2n) is 16.6. The van der Waals surface area contributed by atoms with Crippen molar-refractivity contribution in [2.45, 2.75) is 118 Å². The zero-order valence-corrected chi connectivity index (χ0v) is 32.3. The number of hydrogen-bond acceptors (Lipinski definition) is 3. The lowest BCUT2D eigenvalue weighted by atomic mass is 9.84.